The van der Waals surface area contributed by atoms with Crippen molar-refractivity contribution in [3.63, 3.8) is 0 Å². The number of hydrogen-bond donors (Lipinski definition) is 2. The number of guanidine groups is 1. The van der Waals surface area contributed by atoms with Crippen molar-refractivity contribution in [3.8, 4) is 0 Å². The van der Waals surface area contributed by atoms with Gasteiger partial charge in [0.2, 0.25) is 0 Å². The molecule has 0 bridgehead atoms. The lowest BCUT2D eigenvalue weighted by Crippen LogP contribution is -2.26. The van der Waals surface area contributed by atoms with Crippen LogP contribution in [0.4, 0.5) is 5.69 Å². The number of anilines is 1. The minimum atomic E-state index is 0.420. The first-order chi connectivity index (χ1) is 9.16. The molecule has 1 aromatic carbocycles. The van der Waals surface area contributed by atoms with Gasteiger partial charge in [-0.05, 0) is 32.9 Å². The Bertz CT molecular complexity index is 639. The maximum Gasteiger partial charge on any atom is 0.195 e. The van der Waals surface area contributed by atoms with Crippen molar-refractivity contribution in [3.05, 3.63) is 24.0 Å². The molecular formula is C14H19N5. The van der Waals surface area contributed by atoms with Gasteiger partial charge in [-0.2, -0.15) is 0 Å². The van der Waals surface area contributed by atoms with Gasteiger partial charge in [0.05, 0.1) is 23.9 Å². The summed E-state index contributed by atoms with van der Waals surface area (Å²) in [4.78, 5) is 8.89. The predicted molar refractivity (Wildman–Crippen MR) is 78.8 cm³/mol. The van der Waals surface area contributed by atoms with Gasteiger partial charge in [0.25, 0.3) is 0 Å². The Hall–Kier alpha value is -2.04. The molecule has 2 N–H and O–H groups in total. The second-order valence-corrected chi connectivity index (χ2v) is 5.13. The van der Waals surface area contributed by atoms with E-state index in [4.69, 9.17) is 0 Å². The summed E-state index contributed by atoms with van der Waals surface area (Å²) in [5, 5.41) is 6.55. The van der Waals surface area contributed by atoms with Crippen molar-refractivity contribution in [2.75, 3.05) is 18.4 Å². The van der Waals surface area contributed by atoms with Gasteiger partial charge in [-0.1, -0.05) is 0 Å². The fourth-order valence-corrected chi connectivity index (χ4v) is 2.40. The van der Waals surface area contributed by atoms with Gasteiger partial charge >= 0.3 is 0 Å². The van der Waals surface area contributed by atoms with Gasteiger partial charge in [0.15, 0.2) is 5.96 Å². The molecule has 19 heavy (non-hydrogen) atoms. The topological polar surface area (TPSA) is 54.2 Å². The highest BCUT2D eigenvalue weighted by Gasteiger charge is 2.12. The van der Waals surface area contributed by atoms with E-state index in [1.54, 1.807) is 0 Å². The molecule has 2 aromatic rings. The largest absolute Gasteiger partial charge is 0.354 e. The second-order valence-electron chi connectivity index (χ2n) is 5.13. The van der Waals surface area contributed by atoms with Crippen LogP contribution in [0, 0.1) is 6.92 Å². The van der Waals surface area contributed by atoms with Crippen molar-refractivity contribution in [2.45, 2.75) is 26.8 Å². The van der Waals surface area contributed by atoms with Gasteiger partial charge in [-0.3, -0.25) is 4.99 Å². The summed E-state index contributed by atoms with van der Waals surface area (Å²) < 4.78 is 2.19. The zero-order valence-corrected chi connectivity index (χ0v) is 11.6. The summed E-state index contributed by atoms with van der Waals surface area (Å²) in [6, 6.07) is 4.64. The molecule has 0 saturated heterocycles. The first-order valence-electron chi connectivity index (χ1n) is 6.68. The van der Waals surface area contributed by atoms with Crippen LogP contribution in [0.2, 0.25) is 0 Å². The number of aryl methyl sites for hydroxylation is 1. The number of benzene rings is 1. The molecular weight excluding hydrogens is 238 g/mol. The monoisotopic (exact) mass is 257 g/mol. The highest BCUT2D eigenvalue weighted by molar-refractivity contribution is 5.97. The third-order valence-corrected chi connectivity index (χ3v) is 3.48. The van der Waals surface area contributed by atoms with E-state index in [1.807, 2.05) is 6.33 Å². The number of aromatic nitrogens is 2. The van der Waals surface area contributed by atoms with Crippen molar-refractivity contribution >= 4 is 22.7 Å². The molecule has 0 amide bonds. The fourth-order valence-electron chi connectivity index (χ4n) is 2.40. The van der Waals surface area contributed by atoms with Crippen LogP contribution in [0.15, 0.2) is 23.5 Å². The molecule has 0 spiro atoms. The fraction of sp³-hybridized carbons (Fsp3) is 0.429. The van der Waals surface area contributed by atoms with Crippen LogP contribution in [-0.4, -0.2) is 28.6 Å². The second kappa shape index (κ2) is 4.57. The Morgan fingerprint density at radius 3 is 2.89 bits per heavy atom. The van der Waals surface area contributed by atoms with Crippen LogP contribution in [0.5, 0.6) is 0 Å². The van der Waals surface area contributed by atoms with Crippen molar-refractivity contribution in [1.29, 1.82) is 0 Å². The highest BCUT2D eigenvalue weighted by Crippen LogP contribution is 2.26. The lowest BCUT2D eigenvalue weighted by molar-refractivity contribution is 0.617. The summed E-state index contributed by atoms with van der Waals surface area (Å²) in [5.74, 6) is 0.853. The summed E-state index contributed by atoms with van der Waals surface area (Å²) in [6.45, 7) is 8.18. The van der Waals surface area contributed by atoms with Crippen LogP contribution in [-0.2, 0) is 0 Å². The Kier molecular flexibility index (Phi) is 2.89. The van der Waals surface area contributed by atoms with Crippen LogP contribution in [0.3, 0.4) is 0 Å². The average Bonchev–Trinajstić information content (AvgIpc) is 3.01. The minimum absolute atomic E-state index is 0.420. The summed E-state index contributed by atoms with van der Waals surface area (Å²) in [7, 11) is 0. The first-order valence-corrected chi connectivity index (χ1v) is 6.68. The van der Waals surface area contributed by atoms with Gasteiger partial charge in [0.1, 0.15) is 0 Å². The van der Waals surface area contributed by atoms with E-state index < -0.39 is 0 Å². The maximum atomic E-state index is 4.54. The van der Waals surface area contributed by atoms with Crippen LogP contribution >= 0.6 is 0 Å². The van der Waals surface area contributed by atoms with Crippen molar-refractivity contribution < 1.29 is 0 Å². The molecule has 100 valence electrons. The number of fused-ring (bicyclic) bond motifs is 1. The molecule has 2 heterocycles. The number of nitrogens with one attached hydrogen (secondary N) is 2. The molecule has 0 atom stereocenters. The van der Waals surface area contributed by atoms with Crippen LogP contribution < -0.4 is 10.6 Å². The number of aliphatic imine (C=N–C) groups is 1. The van der Waals surface area contributed by atoms with E-state index in [1.165, 1.54) is 5.52 Å². The quantitative estimate of drug-likeness (QED) is 0.868. The van der Waals surface area contributed by atoms with Crippen molar-refractivity contribution in [1.82, 2.24) is 14.9 Å². The van der Waals surface area contributed by atoms with Gasteiger partial charge in [0, 0.05) is 23.8 Å². The molecule has 0 aliphatic carbocycles. The molecule has 1 aromatic heterocycles. The molecule has 1 aliphatic heterocycles. The van der Waals surface area contributed by atoms with Crippen LogP contribution in [0.1, 0.15) is 25.5 Å². The summed E-state index contributed by atoms with van der Waals surface area (Å²) in [6.07, 6.45) is 1.91. The predicted octanol–water partition coefficient (Wildman–Crippen LogP) is 2.30. The SMILES string of the molecule is Cc1c(NC2=NCCN2)ccc2c1ncn2C(C)C. The van der Waals surface area contributed by atoms with E-state index >= 15 is 0 Å². The van der Waals surface area contributed by atoms with E-state index in [9.17, 15) is 0 Å². The summed E-state index contributed by atoms with van der Waals surface area (Å²) in [5.41, 5.74) is 4.46. The molecule has 0 unspecified atom stereocenters. The third-order valence-electron chi connectivity index (χ3n) is 3.48. The van der Waals surface area contributed by atoms with E-state index in [2.05, 4.69) is 58.1 Å². The Balaban J connectivity index is 2.01. The standard InChI is InChI=1S/C14H19N5/c1-9(2)19-8-17-13-10(3)11(4-5-12(13)19)18-14-15-6-7-16-14/h4-5,8-9H,6-7H2,1-3H3,(H2,15,16,18). The first kappa shape index (κ1) is 12.0. The molecule has 1 aliphatic rings. The number of hydrogen-bond acceptors (Lipinski definition) is 4. The lowest BCUT2D eigenvalue weighted by Gasteiger charge is -2.12. The van der Waals surface area contributed by atoms with Gasteiger partial charge in [-0.25, -0.2) is 4.98 Å². The average molecular weight is 257 g/mol. The number of rotatable bonds is 2. The Morgan fingerprint density at radius 2 is 2.21 bits per heavy atom. The number of imidazole rings is 1. The zero-order chi connectivity index (χ0) is 13.4. The molecule has 3 rings (SSSR count). The molecule has 5 nitrogen and oxygen atoms in total. The highest BCUT2D eigenvalue weighted by atomic mass is 15.2. The van der Waals surface area contributed by atoms with E-state index in [0.29, 0.717) is 6.04 Å². The maximum absolute atomic E-state index is 4.54. The smallest absolute Gasteiger partial charge is 0.195 e. The number of nitrogens with zero attached hydrogens (tertiary/aromatic N) is 3. The normalized spacial score (nSPS) is 14.8. The van der Waals surface area contributed by atoms with Crippen LogP contribution in [0.25, 0.3) is 11.0 Å². The molecule has 5 heteroatoms. The molecule has 0 fully saturated rings. The Labute approximate surface area is 112 Å². The third kappa shape index (κ3) is 2.05. The van der Waals surface area contributed by atoms with Gasteiger partial charge < -0.3 is 15.2 Å². The minimum Gasteiger partial charge on any atom is -0.354 e. The Morgan fingerprint density at radius 1 is 1.37 bits per heavy atom. The van der Waals surface area contributed by atoms with Crippen molar-refractivity contribution in [2.24, 2.45) is 4.99 Å². The van der Waals surface area contributed by atoms with E-state index in [-0.39, 0.29) is 0 Å². The molecule has 0 saturated carbocycles. The van der Waals surface area contributed by atoms with Gasteiger partial charge in [-0.15, -0.1) is 0 Å². The zero-order valence-electron chi connectivity index (χ0n) is 11.6. The lowest BCUT2D eigenvalue weighted by atomic mass is 10.1. The molecule has 0 radical (unpaired) electrons. The van der Waals surface area contributed by atoms with E-state index in [0.717, 1.165) is 35.8 Å². The summed E-state index contributed by atoms with van der Waals surface area (Å²) >= 11 is 0.